The summed E-state index contributed by atoms with van der Waals surface area (Å²) in [7, 11) is 0. The largest absolute Gasteiger partial charge is 0.424 e. The van der Waals surface area contributed by atoms with Gasteiger partial charge in [0, 0.05) is 96.7 Å². The third-order valence-electron chi connectivity index (χ3n) is 12.0. The van der Waals surface area contributed by atoms with Gasteiger partial charge in [-0.1, -0.05) is 0 Å². The lowest BCUT2D eigenvalue weighted by molar-refractivity contribution is -0.147. The van der Waals surface area contributed by atoms with Crippen molar-refractivity contribution in [2.24, 2.45) is 10.8 Å². The molecule has 2 aromatic heterocycles. The zero-order valence-corrected chi connectivity index (χ0v) is 30.1. The molecule has 3 fully saturated rings. The molecule has 9 rings (SSSR count). The molecular weight excluding hydrogens is 679 g/mol. The van der Waals surface area contributed by atoms with Crippen LogP contribution >= 0.6 is 23.2 Å². The molecule has 10 nitrogen and oxygen atoms in total. The highest BCUT2D eigenvalue weighted by Crippen LogP contribution is 2.60. The molecule has 2 N–H and O–H groups in total. The number of benzene rings is 2. The number of H-pyrrole nitrogens is 2. The molecule has 2 aromatic carbocycles. The molecule has 2 bridgehead atoms. The quantitative estimate of drug-likeness (QED) is 0.121. The summed E-state index contributed by atoms with van der Waals surface area (Å²) in [6.07, 6.45) is 7.39. The van der Waals surface area contributed by atoms with E-state index in [1.54, 1.807) is 12.1 Å². The number of nitrogens with one attached hydrogen (secondary N) is 2. The second-order valence-corrected chi connectivity index (χ2v) is 15.5. The molecule has 3 aliphatic carbocycles. The Bertz CT molecular complexity index is 1960. The molecule has 50 heavy (non-hydrogen) atoms. The van der Waals surface area contributed by atoms with Gasteiger partial charge in [-0.15, -0.1) is 23.2 Å². The highest BCUT2D eigenvalue weighted by Gasteiger charge is 2.58. The number of hydrogen-bond acceptors (Lipinski definition) is 6. The molecule has 2 amide bonds. The Morgan fingerprint density at radius 1 is 0.700 bits per heavy atom. The zero-order chi connectivity index (χ0) is 35.3. The van der Waals surface area contributed by atoms with Gasteiger partial charge < -0.3 is 29.2 Å². The maximum Gasteiger partial charge on any atom is 0.308 e. The number of aryl methyl sites for hydroxylation is 2. The Labute approximate surface area is 299 Å². The van der Waals surface area contributed by atoms with Crippen LogP contribution < -0.4 is 19.3 Å². The molecule has 2 atom stereocenters. The molecule has 0 saturated heterocycles. The number of esters is 2. The van der Waals surface area contributed by atoms with Gasteiger partial charge in [-0.3, -0.25) is 19.2 Å². The van der Waals surface area contributed by atoms with E-state index in [1.165, 1.54) is 13.8 Å². The lowest BCUT2D eigenvalue weighted by Crippen LogP contribution is -2.56. The number of hydrogen-bond donors (Lipinski definition) is 2. The number of nitrogens with zero attached hydrogens (tertiary/aromatic N) is 2. The van der Waals surface area contributed by atoms with Crippen LogP contribution in [0.5, 0.6) is 11.5 Å². The maximum absolute atomic E-state index is 14.7. The first-order valence-electron chi connectivity index (χ1n) is 17.3. The molecule has 1 unspecified atom stereocenters. The van der Waals surface area contributed by atoms with Crippen molar-refractivity contribution in [2.45, 2.75) is 78.1 Å². The molecule has 2 aliphatic heterocycles. The van der Waals surface area contributed by atoms with Crippen LogP contribution in [0.2, 0.25) is 0 Å². The first-order valence-corrected chi connectivity index (χ1v) is 18.4. The van der Waals surface area contributed by atoms with Gasteiger partial charge in [-0.25, -0.2) is 0 Å². The number of halogens is 2. The fraction of sp³-hybridized carbons (Fsp3) is 0.474. The van der Waals surface area contributed by atoms with Crippen molar-refractivity contribution in [2.75, 3.05) is 34.6 Å². The number of anilines is 2. The van der Waals surface area contributed by atoms with Gasteiger partial charge in [0.1, 0.15) is 0 Å². The van der Waals surface area contributed by atoms with E-state index in [2.05, 4.69) is 9.97 Å². The lowest BCUT2D eigenvalue weighted by atomic mass is 9.53. The summed E-state index contributed by atoms with van der Waals surface area (Å²) >= 11 is 13.1. The van der Waals surface area contributed by atoms with E-state index in [1.807, 2.05) is 36.0 Å². The Morgan fingerprint density at radius 2 is 1.06 bits per heavy atom. The Balaban J connectivity index is 1.10. The monoisotopic (exact) mass is 718 g/mol. The Kier molecular flexibility index (Phi) is 7.80. The van der Waals surface area contributed by atoms with Gasteiger partial charge in [0.05, 0.1) is 22.4 Å². The van der Waals surface area contributed by atoms with Crippen molar-refractivity contribution < 1.29 is 28.7 Å². The van der Waals surface area contributed by atoms with Crippen LogP contribution in [0.25, 0.3) is 21.8 Å². The first kappa shape index (κ1) is 33.1. The van der Waals surface area contributed by atoms with Gasteiger partial charge in [0.15, 0.2) is 11.5 Å². The van der Waals surface area contributed by atoms with Gasteiger partial charge >= 0.3 is 11.9 Å². The summed E-state index contributed by atoms with van der Waals surface area (Å²) in [6, 6.07) is 3.61. The van der Waals surface area contributed by atoms with Crippen molar-refractivity contribution in [1.29, 1.82) is 0 Å². The van der Waals surface area contributed by atoms with E-state index in [4.69, 9.17) is 32.7 Å². The van der Waals surface area contributed by atoms with Crippen LogP contribution in [0.4, 0.5) is 11.4 Å². The van der Waals surface area contributed by atoms with Crippen LogP contribution in [0.3, 0.4) is 0 Å². The highest BCUT2D eigenvalue weighted by molar-refractivity contribution is 6.20. The van der Waals surface area contributed by atoms with E-state index in [9.17, 15) is 19.2 Å². The number of carbonyl (C=O) groups excluding carboxylic acids is 4. The maximum atomic E-state index is 14.7. The summed E-state index contributed by atoms with van der Waals surface area (Å²) in [5.41, 5.74) is 5.77. The van der Waals surface area contributed by atoms with Gasteiger partial charge in [-0.05, 0) is 74.6 Å². The molecule has 3 saturated carbocycles. The van der Waals surface area contributed by atoms with E-state index in [-0.39, 0.29) is 23.7 Å². The normalized spacial score (nSPS) is 25.3. The Hall–Kier alpha value is -4.02. The summed E-state index contributed by atoms with van der Waals surface area (Å²) < 4.78 is 11.3. The van der Waals surface area contributed by atoms with Crippen LogP contribution in [-0.4, -0.2) is 58.6 Å². The van der Waals surface area contributed by atoms with Crippen molar-refractivity contribution in [3.63, 3.8) is 0 Å². The minimum absolute atomic E-state index is 0.0542. The molecule has 0 radical (unpaired) electrons. The van der Waals surface area contributed by atoms with Crippen molar-refractivity contribution in [3.8, 4) is 11.5 Å². The number of alkyl halides is 2. The minimum Gasteiger partial charge on any atom is -0.424 e. The summed E-state index contributed by atoms with van der Waals surface area (Å²) in [5, 5.41) is 1.89. The molecular formula is C38H40Cl2N4O6. The first-order chi connectivity index (χ1) is 23.9. The van der Waals surface area contributed by atoms with E-state index in [0.717, 1.165) is 55.4 Å². The predicted molar refractivity (Wildman–Crippen MR) is 193 cm³/mol. The highest BCUT2D eigenvalue weighted by atomic mass is 35.5. The number of carbonyl (C=O) groups is 4. The second kappa shape index (κ2) is 11.8. The third kappa shape index (κ3) is 4.74. The lowest BCUT2D eigenvalue weighted by Gasteiger charge is -2.53. The van der Waals surface area contributed by atoms with Crippen molar-refractivity contribution in [1.82, 2.24) is 9.97 Å². The molecule has 5 aliphatic rings. The van der Waals surface area contributed by atoms with Gasteiger partial charge in [-0.2, -0.15) is 0 Å². The van der Waals surface area contributed by atoms with Crippen molar-refractivity contribution in [3.05, 3.63) is 46.8 Å². The summed E-state index contributed by atoms with van der Waals surface area (Å²) in [6.45, 7) is 7.64. The summed E-state index contributed by atoms with van der Waals surface area (Å²) in [5.74, 6) is 0.591. The minimum atomic E-state index is -0.595. The van der Waals surface area contributed by atoms with Gasteiger partial charge in [0.2, 0.25) is 11.8 Å². The van der Waals surface area contributed by atoms with Crippen LogP contribution in [0.15, 0.2) is 24.5 Å². The van der Waals surface area contributed by atoms with E-state index >= 15 is 0 Å². The Morgan fingerprint density at radius 3 is 1.38 bits per heavy atom. The van der Waals surface area contributed by atoms with Crippen LogP contribution in [-0.2, 0) is 19.2 Å². The number of aromatic amines is 2. The molecule has 4 heterocycles. The molecule has 0 spiro atoms. The topological polar surface area (TPSA) is 125 Å². The molecule has 262 valence electrons. The summed E-state index contributed by atoms with van der Waals surface area (Å²) in [4.78, 5) is 63.8. The van der Waals surface area contributed by atoms with Crippen LogP contribution in [0.1, 0.15) is 86.5 Å². The fourth-order valence-electron chi connectivity index (χ4n) is 9.53. The fourth-order valence-corrected chi connectivity index (χ4v) is 10.0. The van der Waals surface area contributed by atoms with Gasteiger partial charge in [0.25, 0.3) is 0 Å². The number of ether oxygens (including phenoxy) is 2. The number of fused-ring (bicyclic) bond motifs is 9. The van der Waals surface area contributed by atoms with E-state index < -0.39 is 22.8 Å². The average Bonchev–Trinajstić information content (AvgIpc) is 3.87. The molecule has 12 heteroatoms. The number of rotatable bonds is 6. The average molecular weight is 720 g/mol. The predicted octanol–water partition coefficient (Wildman–Crippen LogP) is 7.50. The van der Waals surface area contributed by atoms with E-state index in [0.29, 0.717) is 74.9 Å². The smallest absolute Gasteiger partial charge is 0.308 e. The standard InChI is InChI=1S/C38H40Cl2N4O6/c1-19-15-41-33-27(49-21(3)45)11-25-31(29(19)33)23(13-39)17-43(25)35(47)37-5-8-38(9-6-37,10-7-37)36(48)44-18-24(14-40)32-26(44)12-28(50-22(4)46)34-30(32)20(2)16-42-34/h11-12,15-16,23-24,41-42H,5-10,13-14,17-18H2,1-4H3/t23-,24?,37?,38?/m1/s1. The SMILES string of the molecule is CC(=O)Oc1cc2c(c3c(C)c[nH]c13)C(CCl)CN2C(=O)C12CCC(C(=O)N3C[C@@H](CCl)c4c3cc(OC(C)=O)c3[nH]cc(C)c43)(CC1)CC2. The number of amides is 2. The zero-order valence-electron chi connectivity index (χ0n) is 28.6. The number of aromatic nitrogens is 2. The van der Waals surface area contributed by atoms with Crippen molar-refractivity contribution >= 4 is 80.1 Å². The second-order valence-electron chi connectivity index (χ2n) is 14.8. The third-order valence-corrected chi connectivity index (χ3v) is 12.7. The van der Waals surface area contributed by atoms with Crippen LogP contribution in [0, 0.1) is 24.7 Å². The molecule has 4 aromatic rings.